The fourth-order valence-electron chi connectivity index (χ4n) is 2.08. The monoisotopic (exact) mass is 244 g/mol. The van der Waals surface area contributed by atoms with Crippen LogP contribution in [0.25, 0.3) is 11.3 Å². The lowest BCUT2D eigenvalue weighted by Gasteiger charge is -2.25. The zero-order valence-electron chi connectivity index (χ0n) is 9.94. The quantitative estimate of drug-likeness (QED) is 0.898. The summed E-state index contributed by atoms with van der Waals surface area (Å²) in [6.45, 7) is 4.43. The van der Waals surface area contributed by atoms with Crippen molar-refractivity contribution in [2.24, 2.45) is 5.92 Å². The van der Waals surface area contributed by atoms with Crippen LogP contribution >= 0.6 is 11.3 Å². The van der Waals surface area contributed by atoms with Crippen molar-refractivity contribution < 1.29 is 0 Å². The molecule has 0 amide bonds. The Balaban J connectivity index is 1.79. The predicted molar refractivity (Wildman–Crippen MR) is 72.4 cm³/mol. The molecule has 3 rings (SSSR count). The zero-order chi connectivity index (χ0) is 11.7. The van der Waals surface area contributed by atoms with Gasteiger partial charge in [0.2, 0.25) is 0 Å². The zero-order valence-corrected chi connectivity index (χ0v) is 10.8. The van der Waals surface area contributed by atoms with E-state index in [1.807, 2.05) is 0 Å². The number of benzene rings is 1. The molecule has 1 aliphatic heterocycles. The number of nitrogens with zero attached hydrogens (tertiary/aromatic N) is 1. The lowest BCUT2D eigenvalue weighted by molar-refractivity contribution is 0.346. The minimum absolute atomic E-state index is 0.798. The third kappa shape index (κ3) is 2.40. The van der Waals surface area contributed by atoms with E-state index in [9.17, 15) is 0 Å². The van der Waals surface area contributed by atoms with E-state index in [-0.39, 0.29) is 0 Å². The molecule has 1 aromatic heterocycles. The Morgan fingerprint density at radius 3 is 3.00 bits per heavy atom. The Labute approximate surface area is 106 Å². The molecule has 0 bridgehead atoms. The summed E-state index contributed by atoms with van der Waals surface area (Å²) < 4.78 is 0. The first kappa shape index (κ1) is 10.9. The maximum atomic E-state index is 4.73. The van der Waals surface area contributed by atoms with Gasteiger partial charge >= 0.3 is 0 Å². The molecule has 1 aliphatic rings. The lowest BCUT2D eigenvalue weighted by atomic mass is 10.00. The molecule has 1 saturated heterocycles. The van der Waals surface area contributed by atoms with Crippen molar-refractivity contribution in [3.05, 3.63) is 40.2 Å². The van der Waals surface area contributed by atoms with Crippen molar-refractivity contribution in [3.63, 3.8) is 0 Å². The molecule has 1 fully saturated rings. The van der Waals surface area contributed by atoms with Gasteiger partial charge in [-0.1, -0.05) is 23.8 Å². The van der Waals surface area contributed by atoms with E-state index in [4.69, 9.17) is 4.98 Å². The van der Waals surface area contributed by atoms with Crippen molar-refractivity contribution in [1.82, 2.24) is 10.3 Å². The number of hydrogen-bond donors (Lipinski definition) is 1. The summed E-state index contributed by atoms with van der Waals surface area (Å²) >= 11 is 1.79. The summed E-state index contributed by atoms with van der Waals surface area (Å²) in [5.41, 5.74) is 3.65. The standard InChI is InChI=1S/C14H16N2S/c1-10-3-2-4-12(5-10)13-9-17-14(16-13)6-11-7-15-8-11/h2-5,9,11,15H,6-8H2,1H3. The van der Waals surface area contributed by atoms with Crippen molar-refractivity contribution in [2.75, 3.05) is 13.1 Å². The first-order valence-electron chi connectivity index (χ1n) is 6.03. The highest BCUT2D eigenvalue weighted by Crippen LogP contribution is 2.24. The molecule has 1 N–H and O–H groups in total. The summed E-state index contributed by atoms with van der Waals surface area (Å²) in [6.07, 6.45) is 1.13. The molecule has 0 spiro atoms. The van der Waals surface area contributed by atoms with Crippen LogP contribution in [-0.2, 0) is 6.42 Å². The second-order valence-corrected chi connectivity index (χ2v) is 5.67. The van der Waals surface area contributed by atoms with Gasteiger partial charge in [-0.3, -0.25) is 0 Å². The van der Waals surface area contributed by atoms with Crippen LogP contribution in [0.3, 0.4) is 0 Å². The summed E-state index contributed by atoms with van der Waals surface area (Å²) in [5, 5.41) is 6.75. The molecule has 0 radical (unpaired) electrons. The van der Waals surface area contributed by atoms with Crippen molar-refractivity contribution in [3.8, 4) is 11.3 Å². The highest BCUT2D eigenvalue weighted by Gasteiger charge is 2.18. The summed E-state index contributed by atoms with van der Waals surface area (Å²) in [6, 6.07) is 8.55. The Kier molecular flexibility index (Phi) is 2.95. The number of aryl methyl sites for hydroxylation is 1. The topological polar surface area (TPSA) is 24.9 Å². The van der Waals surface area contributed by atoms with Crippen LogP contribution in [0.1, 0.15) is 10.6 Å². The van der Waals surface area contributed by atoms with Crippen LogP contribution < -0.4 is 5.32 Å². The van der Waals surface area contributed by atoms with E-state index in [0.717, 1.165) is 31.1 Å². The van der Waals surface area contributed by atoms with Gasteiger partial charge < -0.3 is 5.32 Å². The van der Waals surface area contributed by atoms with Gasteiger partial charge in [0.1, 0.15) is 0 Å². The highest BCUT2D eigenvalue weighted by atomic mass is 32.1. The second-order valence-electron chi connectivity index (χ2n) is 4.72. The van der Waals surface area contributed by atoms with Crippen molar-refractivity contribution in [2.45, 2.75) is 13.3 Å². The molecule has 88 valence electrons. The molecule has 0 saturated carbocycles. The van der Waals surface area contributed by atoms with Gasteiger partial charge in [-0.25, -0.2) is 4.98 Å². The Bertz CT molecular complexity index is 514. The first-order valence-corrected chi connectivity index (χ1v) is 6.91. The van der Waals surface area contributed by atoms with Gasteiger partial charge in [0, 0.05) is 17.4 Å². The van der Waals surface area contributed by atoms with Crippen LogP contribution in [0.2, 0.25) is 0 Å². The second kappa shape index (κ2) is 4.59. The molecular weight excluding hydrogens is 228 g/mol. The SMILES string of the molecule is Cc1cccc(-c2csc(CC3CNC3)n2)c1. The molecular formula is C14H16N2S. The summed E-state index contributed by atoms with van der Waals surface area (Å²) in [5.74, 6) is 0.798. The molecule has 3 heteroatoms. The van der Waals surface area contributed by atoms with Gasteiger partial charge in [0.05, 0.1) is 10.7 Å². The Morgan fingerprint density at radius 1 is 1.41 bits per heavy atom. The molecule has 2 nitrogen and oxygen atoms in total. The third-order valence-electron chi connectivity index (χ3n) is 3.19. The Hall–Kier alpha value is -1.19. The fraction of sp³-hybridized carbons (Fsp3) is 0.357. The fourth-order valence-corrected chi connectivity index (χ4v) is 3.00. The number of thiazole rings is 1. The van der Waals surface area contributed by atoms with Crippen LogP contribution in [0.4, 0.5) is 0 Å². The number of rotatable bonds is 3. The average Bonchev–Trinajstić information content (AvgIpc) is 2.72. The molecule has 0 atom stereocenters. The maximum absolute atomic E-state index is 4.73. The Morgan fingerprint density at radius 2 is 2.29 bits per heavy atom. The largest absolute Gasteiger partial charge is 0.316 e. The van der Waals surface area contributed by atoms with Crippen LogP contribution in [0, 0.1) is 12.8 Å². The lowest BCUT2D eigenvalue weighted by Crippen LogP contribution is -2.43. The molecule has 2 heterocycles. The predicted octanol–water partition coefficient (Wildman–Crippen LogP) is 2.88. The number of aromatic nitrogens is 1. The molecule has 2 aromatic rings. The number of nitrogens with one attached hydrogen (secondary N) is 1. The van der Waals surface area contributed by atoms with E-state index in [1.54, 1.807) is 11.3 Å². The minimum Gasteiger partial charge on any atom is -0.316 e. The summed E-state index contributed by atoms with van der Waals surface area (Å²) in [7, 11) is 0. The maximum Gasteiger partial charge on any atom is 0.0936 e. The van der Waals surface area contributed by atoms with E-state index in [2.05, 4.69) is 41.9 Å². The average molecular weight is 244 g/mol. The normalized spacial score (nSPS) is 15.8. The highest BCUT2D eigenvalue weighted by molar-refractivity contribution is 7.09. The van der Waals surface area contributed by atoms with Gasteiger partial charge in [-0.2, -0.15) is 0 Å². The summed E-state index contributed by atoms with van der Waals surface area (Å²) in [4.78, 5) is 4.73. The first-order chi connectivity index (χ1) is 8.31. The molecule has 0 unspecified atom stereocenters. The van der Waals surface area contributed by atoms with Crippen LogP contribution in [0.15, 0.2) is 29.6 Å². The number of hydrogen-bond acceptors (Lipinski definition) is 3. The third-order valence-corrected chi connectivity index (χ3v) is 4.07. The van der Waals surface area contributed by atoms with Gasteiger partial charge in [0.25, 0.3) is 0 Å². The minimum atomic E-state index is 0.798. The molecule has 1 aromatic carbocycles. The van der Waals surface area contributed by atoms with Crippen LogP contribution in [-0.4, -0.2) is 18.1 Å². The van der Waals surface area contributed by atoms with Crippen LogP contribution in [0.5, 0.6) is 0 Å². The van der Waals surface area contributed by atoms with E-state index in [1.165, 1.54) is 16.1 Å². The van der Waals surface area contributed by atoms with Gasteiger partial charge in [-0.05, 0) is 32.0 Å². The van der Waals surface area contributed by atoms with Gasteiger partial charge in [-0.15, -0.1) is 11.3 Å². The molecule has 0 aliphatic carbocycles. The van der Waals surface area contributed by atoms with Gasteiger partial charge in [0.15, 0.2) is 0 Å². The molecule has 17 heavy (non-hydrogen) atoms. The van der Waals surface area contributed by atoms with E-state index in [0.29, 0.717) is 0 Å². The van der Waals surface area contributed by atoms with E-state index >= 15 is 0 Å². The smallest absolute Gasteiger partial charge is 0.0936 e. The van der Waals surface area contributed by atoms with Crippen molar-refractivity contribution in [1.29, 1.82) is 0 Å². The van der Waals surface area contributed by atoms with Crippen molar-refractivity contribution >= 4 is 11.3 Å². The van der Waals surface area contributed by atoms with E-state index < -0.39 is 0 Å².